The number of para-hydroxylation sites is 1. The van der Waals surface area contributed by atoms with Gasteiger partial charge in [-0.2, -0.15) is 0 Å². The largest absolute Gasteiger partial charge is 0.486 e. The van der Waals surface area contributed by atoms with E-state index < -0.39 is 16.1 Å². The van der Waals surface area contributed by atoms with Crippen molar-refractivity contribution in [2.75, 3.05) is 24.6 Å². The molecule has 2 heterocycles. The molecule has 4 rings (SSSR count). The summed E-state index contributed by atoms with van der Waals surface area (Å²) in [6.07, 6.45) is -1.06. The molecule has 0 fully saturated rings. The number of aliphatic hydroxyl groups is 1. The molecule has 0 aromatic heterocycles. The fourth-order valence-electron chi connectivity index (χ4n) is 2.97. The molecule has 2 aromatic carbocycles. The van der Waals surface area contributed by atoms with Gasteiger partial charge in [-0.15, -0.1) is 0 Å². The lowest BCUT2D eigenvalue weighted by atomic mass is 9.99. The standard InChI is InChI=1S/C16H15NO5S/c1-17-12-5-3-2-4-10(12)16(18)11-8-13-14(22-7-6-21-13)9-15(11)23(17,19)20/h2-5,8-9,16,18H,6-7H2,1H3. The lowest BCUT2D eigenvalue weighted by Gasteiger charge is -2.22. The number of ether oxygens (including phenoxy) is 2. The molecule has 120 valence electrons. The van der Waals surface area contributed by atoms with Crippen LogP contribution >= 0.6 is 0 Å². The first-order valence-electron chi connectivity index (χ1n) is 7.19. The van der Waals surface area contributed by atoms with Crippen molar-refractivity contribution in [3.8, 4) is 11.5 Å². The maximum atomic E-state index is 12.9. The summed E-state index contributed by atoms with van der Waals surface area (Å²) < 4.78 is 38.1. The lowest BCUT2D eigenvalue weighted by Crippen LogP contribution is -2.26. The van der Waals surface area contributed by atoms with Crippen LogP contribution in [-0.2, 0) is 10.0 Å². The van der Waals surface area contributed by atoms with E-state index in [0.717, 1.165) is 0 Å². The molecule has 0 aliphatic carbocycles. The fraction of sp³-hybridized carbons (Fsp3) is 0.250. The third kappa shape index (κ3) is 2.00. The van der Waals surface area contributed by atoms with Crippen molar-refractivity contribution in [2.45, 2.75) is 11.0 Å². The van der Waals surface area contributed by atoms with Gasteiger partial charge in [-0.25, -0.2) is 8.42 Å². The number of fused-ring (bicyclic) bond motifs is 3. The minimum atomic E-state index is -3.80. The Bertz CT molecular complexity index is 893. The molecule has 0 bridgehead atoms. The molecule has 0 amide bonds. The van der Waals surface area contributed by atoms with E-state index in [9.17, 15) is 13.5 Å². The van der Waals surface area contributed by atoms with Gasteiger partial charge in [0.05, 0.1) is 10.6 Å². The zero-order valence-electron chi connectivity index (χ0n) is 12.4. The van der Waals surface area contributed by atoms with Crippen molar-refractivity contribution >= 4 is 15.7 Å². The van der Waals surface area contributed by atoms with Gasteiger partial charge in [0.25, 0.3) is 10.0 Å². The van der Waals surface area contributed by atoms with Gasteiger partial charge in [0.1, 0.15) is 19.3 Å². The summed E-state index contributed by atoms with van der Waals surface area (Å²) >= 11 is 0. The predicted molar refractivity (Wildman–Crippen MR) is 83.5 cm³/mol. The molecular formula is C16H15NO5S. The van der Waals surface area contributed by atoms with Gasteiger partial charge >= 0.3 is 0 Å². The number of anilines is 1. The zero-order valence-corrected chi connectivity index (χ0v) is 13.2. The van der Waals surface area contributed by atoms with E-state index in [1.54, 1.807) is 30.3 Å². The van der Waals surface area contributed by atoms with Gasteiger partial charge in [0.15, 0.2) is 11.5 Å². The summed E-state index contributed by atoms with van der Waals surface area (Å²) in [5, 5.41) is 10.8. The van der Waals surface area contributed by atoms with Crippen LogP contribution in [0.15, 0.2) is 41.3 Å². The molecule has 2 aromatic rings. The van der Waals surface area contributed by atoms with Crippen LogP contribution in [-0.4, -0.2) is 33.8 Å². The average Bonchev–Trinajstić information content (AvgIpc) is 2.63. The second-order valence-corrected chi connectivity index (χ2v) is 7.41. The molecule has 1 N–H and O–H groups in total. The molecule has 0 radical (unpaired) electrons. The summed E-state index contributed by atoms with van der Waals surface area (Å²) in [6.45, 7) is 0.759. The van der Waals surface area contributed by atoms with E-state index >= 15 is 0 Å². The number of aliphatic hydroxyl groups excluding tert-OH is 1. The monoisotopic (exact) mass is 333 g/mol. The normalized spacial score (nSPS) is 21.1. The SMILES string of the molecule is CN1c2ccccc2C(O)c2cc3c(cc2S1(=O)=O)OCCO3. The van der Waals surface area contributed by atoms with E-state index in [-0.39, 0.29) is 4.90 Å². The van der Waals surface area contributed by atoms with Crippen LogP contribution in [0.1, 0.15) is 17.2 Å². The summed E-state index contributed by atoms with van der Waals surface area (Å²) in [6, 6.07) is 9.90. The van der Waals surface area contributed by atoms with Gasteiger partial charge in [-0.1, -0.05) is 18.2 Å². The Hall–Kier alpha value is -2.25. The third-order valence-corrected chi connectivity index (χ3v) is 6.01. The second-order valence-electron chi connectivity index (χ2n) is 5.47. The van der Waals surface area contributed by atoms with Crippen LogP contribution in [0.5, 0.6) is 11.5 Å². The topological polar surface area (TPSA) is 76.1 Å². The van der Waals surface area contributed by atoms with E-state index in [0.29, 0.717) is 41.5 Å². The number of benzene rings is 2. The molecule has 6 nitrogen and oxygen atoms in total. The highest BCUT2D eigenvalue weighted by atomic mass is 32.2. The molecule has 7 heteroatoms. The van der Waals surface area contributed by atoms with Crippen LogP contribution < -0.4 is 13.8 Å². The minimum Gasteiger partial charge on any atom is -0.486 e. The summed E-state index contributed by atoms with van der Waals surface area (Å²) in [5.74, 6) is 0.830. The Morgan fingerprint density at radius 2 is 1.74 bits per heavy atom. The van der Waals surface area contributed by atoms with Gasteiger partial charge < -0.3 is 14.6 Å². The van der Waals surface area contributed by atoms with E-state index in [2.05, 4.69) is 0 Å². The van der Waals surface area contributed by atoms with Crippen molar-refractivity contribution in [2.24, 2.45) is 0 Å². The fourth-order valence-corrected chi connectivity index (χ4v) is 4.42. The average molecular weight is 333 g/mol. The molecule has 1 atom stereocenters. The van der Waals surface area contributed by atoms with Gasteiger partial charge in [0.2, 0.25) is 0 Å². The molecule has 1 unspecified atom stereocenters. The first-order valence-corrected chi connectivity index (χ1v) is 8.63. The van der Waals surface area contributed by atoms with Crippen LogP contribution in [0.3, 0.4) is 0 Å². The highest BCUT2D eigenvalue weighted by molar-refractivity contribution is 7.92. The van der Waals surface area contributed by atoms with Gasteiger partial charge in [-0.3, -0.25) is 4.31 Å². The molecule has 0 saturated carbocycles. The maximum absolute atomic E-state index is 12.9. The third-order valence-electron chi connectivity index (χ3n) is 4.18. The van der Waals surface area contributed by atoms with Crippen molar-refractivity contribution < 1.29 is 23.0 Å². The van der Waals surface area contributed by atoms with Crippen molar-refractivity contribution in [1.82, 2.24) is 0 Å². The van der Waals surface area contributed by atoms with Gasteiger partial charge in [-0.05, 0) is 12.1 Å². The Kier molecular flexibility index (Phi) is 3.04. The molecule has 2 aliphatic rings. The quantitative estimate of drug-likeness (QED) is 0.794. The molecule has 0 spiro atoms. The van der Waals surface area contributed by atoms with E-state index in [1.807, 2.05) is 0 Å². The Labute approximate surface area is 133 Å². The molecular weight excluding hydrogens is 318 g/mol. The van der Waals surface area contributed by atoms with Crippen molar-refractivity contribution in [1.29, 1.82) is 0 Å². The minimum absolute atomic E-state index is 0.0351. The van der Waals surface area contributed by atoms with Gasteiger partial charge in [0, 0.05) is 24.2 Å². The highest BCUT2D eigenvalue weighted by Crippen LogP contribution is 2.44. The van der Waals surface area contributed by atoms with Crippen molar-refractivity contribution in [3.05, 3.63) is 47.5 Å². The van der Waals surface area contributed by atoms with Crippen LogP contribution in [0, 0.1) is 0 Å². The van der Waals surface area contributed by atoms with Crippen LogP contribution in [0.25, 0.3) is 0 Å². The molecule has 2 aliphatic heterocycles. The Morgan fingerprint density at radius 1 is 1.09 bits per heavy atom. The molecule has 0 saturated heterocycles. The number of sulfonamides is 1. The summed E-state index contributed by atoms with van der Waals surface area (Å²) in [4.78, 5) is 0.0351. The Morgan fingerprint density at radius 3 is 2.48 bits per heavy atom. The Balaban J connectivity index is 2.04. The van der Waals surface area contributed by atoms with Crippen LogP contribution in [0.4, 0.5) is 5.69 Å². The first-order chi connectivity index (χ1) is 11.0. The second kappa shape index (κ2) is 4.87. The number of hydrogen-bond donors (Lipinski definition) is 1. The summed E-state index contributed by atoms with van der Waals surface area (Å²) in [5.41, 5.74) is 1.29. The number of hydrogen-bond acceptors (Lipinski definition) is 5. The number of nitrogens with zero attached hydrogens (tertiary/aromatic N) is 1. The smallest absolute Gasteiger partial charge is 0.264 e. The number of rotatable bonds is 0. The predicted octanol–water partition coefficient (Wildman–Crippen LogP) is 1.68. The maximum Gasteiger partial charge on any atom is 0.264 e. The zero-order chi connectivity index (χ0) is 16.2. The lowest BCUT2D eigenvalue weighted by molar-refractivity contribution is 0.168. The first kappa shape index (κ1) is 14.3. The van der Waals surface area contributed by atoms with E-state index in [4.69, 9.17) is 9.47 Å². The van der Waals surface area contributed by atoms with Crippen molar-refractivity contribution in [3.63, 3.8) is 0 Å². The van der Waals surface area contributed by atoms with Crippen LogP contribution in [0.2, 0.25) is 0 Å². The van der Waals surface area contributed by atoms with E-state index in [1.165, 1.54) is 17.4 Å². The highest BCUT2D eigenvalue weighted by Gasteiger charge is 2.35. The summed E-state index contributed by atoms with van der Waals surface area (Å²) in [7, 11) is -2.32. The molecule has 23 heavy (non-hydrogen) atoms.